The third kappa shape index (κ3) is 3.35. The molecular weight excluding hydrogens is 282 g/mol. The Bertz CT molecular complexity index is 721. The van der Waals surface area contributed by atoms with Gasteiger partial charge in [0.25, 0.3) is 5.91 Å². The summed E-state index contributed by atoms with van der Waals surface area (Å²) in [6, 6.07) is 9.65. The number of benzene rings is 1. The van der Waals surface area contributed by atoms with Gasteiger partial charge in [-0.15, -0.1) is 10.2 Å². The number of nitrogens with zero attached hydrogens (tertiary/aromatic N) is 5. The molecule has 0 radical (unpaired) electrons. The first-order chi connectivity index (χ1) is 10.8. The van der Waals surface area contributed by atoms with Crippen molar-refractivity contribution in [2.24, 2.45) is 0 Å². The largest absolute Gasteiger partial charge is 0.352 e. The van der Waals surface area contributed by atoms with Crippen molar-refractivity contribution >= 4 is 5.91 Å². The molecule has 112 valence electrons. The van der Waals surface area contributed by atoms with E-state index in [1.165, 1.54) is 0 Å². The lowest BCUT2D eigenvalue weighted by molar-refractivity contribution is 0.0953. The Kier molecular flexibility index (Phi) is 4.19. The van der Waals surface area contributed by atoms with Crippen molar-refractivity contribution in [2.45, 2.75) is 12.8 Å². The molecule has 0 unspecified atom stereocenters. The van der Waals surface area contributed by atoms with Crippen molar-refractivity contribution in [1.29, 1.82) is 0 Å². The number of aryl methyl sites for hydroxylation is 1. The SMILES string of the molecule is O=C(NCCCc1nn[nH]n1)c1cnn(-c2ccccc2)c1. The van der Waals surface area contributed by atoms with Crippen LogP contribution in [0.4, 0.5) is 0 Å². The van der Waals surface area contributed by atoms with Gasteiger partial charge in [0.15, 0.2) is 5.82 Å². The predicted molar refractivity (Wildman–Crippen MR) is 78.4 cm³/mol. The third-order valence-electron chi connectivity index (χ3n) is 3.12. The first-order valence-electron chi connectivity index (χ1n) is 6.93. The molecule has 0 aliphatic heterocycles. The molecule has 1 aromatic carbocycles. The second-order valence-corrected chi connectivity index (χ2v) is 4.70. The first-order valence-corrected chi connectivity index (χ1v) is 6.93. The fourth-order valence-electron chi connectivity index (χ4n) is 2.00. The minimum absolute atomic E-state index is 0.143. The number of aromatic amines is 1. The zero-order valence-electron chi connectivity index (χ0n) is 11.8. The molecule has 2 aromatic heterocycles. The fourth-order valence-corrected chi connectivity index (χ4v) is 2.00. The van der Waals surface area contributed by atoms with Gasteiger partial charge in [0.1, 0.15) is 0 Å². The second-order valence-electron chi connectivity index (χ2n) is 4.70. The summed E-state index contributed by atoms with van der Waals surface area (Å²) in [5, 5.41) is 20.6. The lowest BCUT2D eigenvalue weighted by Gasteiger charge is -2.02. The molecule has 0 saturated heterocycles. The highest BCUT2D eigenvalue weighted by atomic mass is 16.1. The summed E-state index contributed by atoms with van der Waals surface area (Å²) in [6.07, 6.45) is 4.68. The summed E-state index contributed by atoms with van der Waals surface area (Å²) < 4.78 is 1.67. The molecule has 3 aromatic rings. The molecule has 2 heterocycles. The van der Waals surface area contributed by atoms with Crippen molar-refractivity contribution in [1.82, 2.24) is 35.7 Å². The van der Waals surface area contributed by atoms with Gasteiger partial charge >= 0.3 is 0 Å². The van der Waals surface area contributed by atoms with Crippen LogP contribution in [0, 0.1) is 0 Å². The second kappa shape index (κ2) is 6.61. The molecule has 0 aliphatic carbocycles. The van der Waals surface area contributed by atoms with E-state index in [4.69, 9.17) is 0 Å². The molecular formula is C14H15N7O. The summed E-state index contributed by atoms with van der Waals surface area (Å²) in [5.41, 5.74) is 1.45. The van der Waals surface area contributed by atoms with E-state index in [2.05, 4.69) is 31.0 Å². The maximum atomic E-state index is 12.0. The Balaban J connectivity index is 1.51. The minimum atomic E-state index is -0.143. The van der Waals surface area contributed by atoms with Crippen molar-refractivity contribution in [3.63, 3.8) is 0 Å². The smallest absolute Gasteiger partial charge is 0.254 e. The van der Waals surface area contributed by atoms with Gasteiger partial charge in [-0.2, -0.15) is 10.3 Å². The Morgan fingerprint density at radius 2 is 2.14 bits per heavy atom. The number of aromatic nitrogens is 6. The zero-order valence-corrected chi connectivity index (χ0v) is 11.8. The van der Waals surface area contributed by atoms with Crippen molar-refractivity contribution in [3.05, 3.63) is 54.1 Å². The Morgan fingerprint density at radius 1 is 1.27 bits per heavy atom. The molecule has 8 heteroatoms. The van der Waals surface area contributed by atoms with E-state index in [1.54, 1.807) is 17.1 Å². The molecule has 0 fully saturated rings. The lowest BCUT2D eigenvalue weighted by Crippen LogP contribution is -2.24. The monoisotopic (exact) mass is 297 g/mol. The summed E-state index contributed by atoms with van der Waals surface area (Å²) in [6.45, 7) is 0.546. The molecule has 0 bridgehead atoms. The van der Waals surface area contributed by atoms with Crippen LogP contribution in [-0.4, -0.2) is 42.9 Å². The van der Waals surface area contributed by atoms with Gasteiger partial charge in [0.05, 0.1) is 17.4 Å². The number of amides is 1. The van der Waals surface area contributed by atoms with Gasteiger partial charge in [-0.05, 0) is 18.6 Å². The summed E-state index contributed by atoms with van der Waals surface area (Å²) >= 11 is 0. The van der Waals surface area contributed by atoms with Gasteiger partial charge in [0.2, 0.25) is 0 Å². The van der Waals surface area contributed by atoms with Crippen LogP contribution in [0.3, 0.4) is 0 Å². The van der Waals surface area contributed by atoms with Crippen molar-refractivity contribution in [2.75, 3.05) is 6.54 Å². The van der Waals surface area contributed by atoms with E-state index in [-0.39, 0.29) is 5.91 Å². The highest BCUT2D eigenvalue weighted by molar-refractivity contribution is 5.93. The van der Waals surface area contributed by atoms with E-state index in [0.717, 1.165) is 12.1 Å². The average molecular weight is 297 g/mol. The maximum absolute atomic E-state index is 12.0. The number of H-pyrrole nitrogens is 1. The minimum Gasteiger partial charge on any atom is -0.352 e. The van der Waals surface area contributed by atoms with Crippen LogP contribution in [0.5, 0.6) is 0 Å². The Hall–Kier alpha value is -3.03. The lowest BCUT2D eigenvalue weighted by atomic mass is 10.3. The average Bonchev–Trinajstić information content (AvgIpc) is 3.24. The van der Waals surface area contributed by atoms with Crippen LogP contribution in [0.25, 0.3) is 5.69 Å². The maximum Gasteiger partial charge on any atom is 0.254 e. The molecule has 3 rings (SSSR count). The molecule has 0 spiro atoms. The van der Waals surface area contributed by atoms with Crippen LogP contribution in [0.15, 0.2) is 42.7 Å². The number of hydrogen-bond donors (Lipinski definition) is 2. The van der Waals surface area contributed by atoms with Crippen LogP contribution in [-0.2, 0) is 6.42 Å². The van der Waals surface area contributed by atoms with Crippen LogP contribution in [0.1, 0.15) is 22.6 Å². The fraction of sp³-hybridized carbons (Fsp3) is 0.214. The molecule has 0 aliphatic rings. The third-order valence-corrected chi connectivity index (χ3v) is 3.12. The molecule has 1 amide bonds. The number of nitrogens with one attached hydrogen (secondary N) is 2. The first kappa shape index (κ1) is 13.9. The number of hydrogen-bond acceptors (Lipinski definition) is 5. The normalized spacial score (nSPS) is 10.5. The van der Waals surface area contributed by atoms with E-state index in [9.17, 15) is 4.79 Å². The summed E-state index contributed by atoms with van der Waals surface area (Å²) in [4.78, 5) is 12.0. The topological polar surface area (TPSA) is 101 Å². The number of rotatable bonds is 6. The quantitative estimate of drug-likeness (QED) is 0.654. The van der Waals surface area contributed by atoms with Crippen molar-refractivity contribution < 1.29 is 4.79 Å². The Labute approximate surface area is 126 Å². The van der Waals surface area contributed by atoms with Gasteiger partial charge < -0.3 is 5.32 Å². The van der Waals surface area contributed by atoms with E-state index in [1.807, 2.05) is 30.3 Å². The number of carbonyl (C=O) groups excluding carboxylic acids is 1. The summed E-state index contributed by atoms with van der Waals surface area (Å²) in [7, 11) is 0. The van der Waals surface area contributed by atoms with Gasteiger partial charge in [0, 0.05) is 19.2 Å². The molecule has 0 atom stereocenters. The van der Waals surface area contributed by atoms with E-state index < -0.39 is 0 Å². The van der Waals surface area contributed by atoms with Gasteiger partial charge in [-0.3, -0.25) is 4.79 Å². The van der Waals surface area contributed by atoms with Gasteiger partial charge in [-0.1, -0.05) is 23.4 Å². The predicted octanol–water partition coefficient (Wildman–Crippen LogP) is 0.748. The summed E-state index contributed by atoms with van der Waals surface area (Å²) in [5.74, 6) is 0.501. The van der Waals surface area contributed by atoms with Crippen LogP contribution >= 0.6 is 0 Å². The molecule has 2 N–H and O–H groups in total. The Morgan fingerprint density at radius 3 is 2.91 bits per heavy atom. The standard InChI is InChI=1S/C14H15N7O/c22-14(15-8-4-7-13-17-19-20-18-13)11-9-16-21(10-11)12-5-2-1-3-6-12/h1-3,5-6,9-10H,4,7-8H2,(H,15,22)(H,17,18,19,20). The van der Waals surface area contributed by atoms with Crippen molar-refractivity contribution in [3.8, 4) is 5.69 Å². The molecule has 8 nitrogen and oxygen atoms in total. The number of para-hydroxylation sites is 1. The van der Waals surface area contributed by atoms with Gasteiger partial charge in [-0.25, -0.2) is 4.68 Å². The van der Waals surface area contributed by atoms with E-state index >= 15 is 0 Å². The number of carbonyl (C=O) groups is 1. The van der Waals surface area contributed by atoms with Crippen LogP contribution < -0.4 is 5.32 Å². The zero-order chi connectivity index (χ0) is 15.2. The van der Waals surface area contributed by atoms with E-state index in [0.29, 0.717) is 24.4 Å². The van der Waals surface area contributed by atoms with Crippen LogP contribution in [0.2, 0.25) is 0 Å². The highest BCUT2D eigenvalue weighted by Crippen LogP contribution is 2.07. The molecule has 22 heavy (non-hydrogen) atoms. The number of tetrazole rings is 1. The molecule has 0 saturated carbocycles. The highest BCUT2D eigenvalue weighted by Gasteiger charge is 2.09.